The number of amides is 1. The van der Waals surface area contributed by atoms with E-state index in [1.807, 2.05) is 0 Å². The number of Topliss-reactive ketones (excluding diaryl/α,β-unsaturated/α-hetero) is 2. The van der Waals surface area contributed by atoms with Crippen LogP contribution in [0.4, 0.5) is 14.5 Å². The molecule has 220 valence electrons. The van der Waals surface area contributed by atoms with Crippen LogP contribution in [-0.4, -0.2) is 35.0 Å². The summed E-state index contributed by atoms with van der Waals surface area (Å²) in [5.74, 6) is -5.01. The Bertz CT molecular complexity index is 1590. The van der Waals surface area contributed by atoms with E-state index in [2.05, 4.69) is 5.32 Å². The number of ether oxygens (including phenoxy) is 1. The van der Waals surface area contributed by atoms with Gasteiger partial charge in [0.05, 0.1) is 27.6 Å². The molecule has 1 saturated heterocycles. The Balaban J connectivity index is 1.30. The van der Waals surface area contributed by atoms with Gasteiger partial charge in [-0.1, -0.05) is 46.9 Å². The molecule has 0 spiro atoms. The zero-order valence-corrected chi connectivity index (χ0v) is 25.4. The highest BCUT2D eigenvalue weighted by Crippen LogP contribution is 2.65. The second-order valence-electron chi connectivity index (χ2n) is 10.3. The van der Waals surface area contributed by atoms with Gasteiger partial charge in [-0.15, -0.1) is 23.2 Å². The normalized spacial score (nSPS) is 20.8. The fraction of sp³-hybridized carbons (Fsp3) is 0.300. The molecule has 3 aromatic carbocycles. The average Bonchev–Trinajstić information content (AvgIpc) is 3.25. The molecule has 1 amide bonds. The summed E-state index contributed by atoms with van der Waals surface area (Å²) in [4.78, 5) is 38.8. The van der Waals surface area contributed by atoms with Crippen LogP contribution in [0.5, 0.6) is 0 Å². The SMILES string of the molecule is O=C(Cc1ccc(F)c(CC(=O)C2CCOC2)c1F)c1cc(NC(=O)[C@H]2[C@H](c3ccc(Cl)c(Cl)c3)C2(Cl)Cl)ccc1Cl. The van der Waals surface area contributed by atoms with E-state index in [9.17, 15) is 18.8 Å². The summed E-state index contributed by atoms with van der Waals surface area (Å²) < 4.78 is 33.6. The molecule has 5 rings (SSSR count). The summed E-state index contributed by atoms with van der Waals surface area (Å²) in [7, 11) is 0. The number of ketones is 2. The van der Waals surface area contributed by atoms with Gasteiger partial charge >= 0.3 is 0 Å². The summed E-state index contributed by atoms with van der Waals surface area (Å²) >= 11 is 31.2. The maximum atomic E-state index is 15.3. The maximum absolute atomic E-state index is 15.3. The van der Waals surface area contributed by atoms with Gasteiger partial charge in [0.15, 0.2) is 5.78 Å². The Kier molecular flexibility index (Phi) is 9.19. The smallest absolute Gasteiger partial charge is 0.231 e. The van der Waals surface area contributed by atoms with Gasteiger partial charge < -0.3 is 10.1 Å². The standard InChI is InChI=1S/C30H22Cl5F2NO4/c31-20-5-3-17(38-29(41)27-26(30(27,34)35)14-1-4-21(32)22(33)9-14)11-18(20)25(40)10-15-2-6-23(36)19(28(15)37)12-24(39)16-7-8-42-13-16/h1-6,9,11,16,26-27H,7-8,10,12-13H2,(H,38,41)/t16?,26-,27+/m0/s1. The first-order chi connectivity index (χ1) is 19.9. The molecule has 0 bridgehead atoms. The largest absolute Gasteiger partial charge is 0.381 e. The van der Waals surface area contributed by atoms with Gasteiger partial charge in [-0.05, 0) is 53.9 Å². The van der Waals surface area contributed by atoms with E-state index in [1.54, 1.807) is 18.2 Å². The van der Waals surface area contributed by atoms with Crippen LogP contribution in [0.25, 0.3) is 0 Å². The minimum Gasteiger partial charge on any atom is -0.381 e. The van der Waals surface area contributed by atoms with Crippen molar-refractivity contribution >= 4 is 81.2 Å². The molecule has 0 aromatic heterocycles. The predicted molar refractivity (Wildman–Crippen MR) is 159 cm³/mol. The summed E-state index contributed by atoms with van der Waals surface area (Å²) in [6.45, 7) is 0.645. The summed E-state index contributed by atoms with van der Waals surface area (Å²) in [6, 6.07) is 11.3. The van der Waals surface area contributed by atoms with Crippen LogP contribution >= 0.6 is 58.0 Å². The van der Waals surface area contributed by atoms with Crippen LogP contribution in [-0.2, 0) is 27.2 Å². The lowest BCUT2D eigenvalue weighted by atomic mass is 9.94. The van der Waals surface area contributed by atoms with Crippen LogP contribution in [0.2, 0.25) is 15.1 Å². The first-order valence-corrected chi connectivity index (χ1v) is 14.8. The number of hydrogen-bond donors (Lipinski definition) is 1. The van der Waals surface area contributed by atoms with Crippen molar-refractivity contribution in [1.29, 1.82) is 0 Å². The number of nitrogens with one attached hydrogen (secondary N) is 1. The minimum absolute atomic E-state index is 0.0127. The van der Waals surface area contributed by atoms with E-state index in [4.69, 9.17) is 62.7 Å². The van der Waals surface area contributed by atoms with Crippen molar-refractivity contribution in [3.05, 3.63) is 97.5 Å². The second kappa shape index (κ2) is 12.4. The average molecular weight is 676 g/mol. The Morgan fingerprint density at radius 3 is 2.36 bits per heavy atom. The molecule has 2 aliphatic rings. The minimum atomic E-state index is -1.39. The third-order valence-corrected chi connectivity index (χ3v) is 9.54. The van der Waals surface area contributed by atoms with Gasteiger partial charge in [-0.25, -0.2) is 8.78 Å². The van der Waals surface area contributed by atoms with E-state index in [0.29, 0.717) is 28.6 Å². The Morgan fingerprint density at radius 1 is 0.929 bits per heavy atom. The lowest BCUT2D eigenvalue weighted by Gasteiger charge is -2.12. The molecule has 42 heavy (non-hydrogen) atoms. The topological polar surface area (TPSA) is 72.5 Å². The molecule has 1 N–H and O–H groups in total. The van der Waals surface area contributed by atoms with Crippen LogP contribution < -0.4 is 5.32 Å². The predicted octanol–water partition coefficient (Wildman–Crippen LogP) is 8.02. The van der Waals surface area contributed by atoms with Gasteiger partial charge in [-0.3, -0.25) is 14.4 Å². The van der Waals surface area contributed by atoms with Crippen molar-refractivity contribution in [2.24, 2.45) is 11.8 Å². The lowest BCUT2D eigenvalue weighted by molar-refractivity contribution is -0.122. The Labute approximate surface area is 265 Å². The highest BCUT2D eigenvalue weighted by Gasteiger charge is 2.67. The number of hydrogen-bond acceptors (Lipinski definition) is 4. The third kappa shape index (κ3) is 6.33. The molecule has 1 aliphatic carbocycles. The number of anilines is 1. The fourth-order valence-corrected chi connectivity index (χ4v) is 6.49. The van der Waals surface area contributed by atoms with E-state index >= 15 is 4.39 Å². The Hall–Kier alpha value is -2.26. The van der Waals surface area contributed by atoms with Crippen molar-refractivity contribution in [1.82, 2.24) is 0 Å². The number of halogens is 7. The van der Waals surface area contributed by atoms with Crippen LogP contribution in [0, 0.1) is 23.5 Å². The molecule has 1 saturated carbocycles. The third-order valence-electron chi connectivity index (χ3n) is 7.53. The molecule has 3 aromatic rings. The van der Waals surface area contributed by atoms with Crippen LogP contribution in [0.15, 0.2) is 48.5 Å². The van der Waals surface area contributed by atoms with Gasteiger partial charge in [0.2, 0.25) is 5.91 Å². The molecule has 1 aliphatic heterocycles. The highest BCUT2D eigenvalue weighted by molar-refractivity contribution is 6.53. The number of benzene rings is 3. The van der Waals surface area contributed by atoms with Crippen molar-refractivity contribution in [2.45, 2.75) is 29.5 Å². The fourth-order valence-electron chi connectivity index (χ4n) is 5.13. The Morgan fingerprint density at radius 2 is 1.67 bits per heavy atom. The molecule has 5 nitrogen and oxygen atoms in total. The summed E-state index contributed by atoms with van der Waals surface area (Å²) in [6.07, 6.45) is -0.395. The molecular formula is C30H22Cl5F2NO4. The molecule has 2 fully saturated rings. The monoisotopic (exact) mass is 673 g/mol. The summed E-state index contributed by atoms with van der Waals surface area (Å²) in [5, 5.41) is 3.41. The molecule has 3 atom stereocenters. The van der Waals surface area contributed by atoms with E-state index in [1.165, 1.54) is 18.2 Å². The number of rotatable bonds is 9. The lowest BCUT2D eigenvalue weighted by Crippen LogP contribution is -2.19. The van der Waals surface area contributed by atoms with E-state index in [-0.39, 0.29) is 34.2 Å². The number of carbonyl (C=O) groups excluding carboxylic acids is 3. The molecule has 12 heteroatoms. The van der Waals surface area contributed by atoms with Gasteiger partial charge in [0, 0.05) is 48.1 Å². The van der Waals surface area contributed by atoms with E-state index < -0.39 is 63.8 Å². The van der Waals surface area contributed by atoms with Crippen molar-refractivity contribution < 1.29 is 27.9 Å². The maximum Gasteiger partial charge on any atom is 0.231 e. The molecular weight excluding hydrogens is 654 g/mol. The van der Waals surface area contributed by atoms with Crippen LogP contribution in [0.3, 0.4) is 0 Å². The van der Waals surface area contributed by atoms with Gasteiger partial charge in [0.25, 0.3) is 0 Å². The van der Waals surface area contributed by atoms with Crippen molar-refractivity contribution in [2.75, 3.05) is 18.5 Å². The van der Waals surface area contributed by atoms with E-state index in [0.717, 1.165) is 12.1 Å². The highest BCUT2D eigenvalue weighted by atomic mass is 35.5. The van der Waals surface area contributed by atoms with Crippen molar-refractivity contribution in [3.63, 3.8) is 0 Å². The molecule has 0 radical (unpaired) electrons. The first kappa shape index (κ1) is 31.2. The second-order valence-corrected chi connectivity index (χ2v) is 13.0. The van der Waals surface area contributed by atoms with Gasteiger partial charge in [-0.2, -0.15) is 0 Å². The number of alkyl halides is 2. The number of carbonyl (C=O) groups is 3. The first-order valence-electron chi connectivity index (χ1n) is 12.9. The van der Waals surface area contributed by atoms with Gasteiger partial charge in [0.1, 0.15) is 21.8 Å². The zero-order chi connectivity index (χ0) is 30.3. The zero-order valence-electron chi connectivity index (χ0n) is 21.7. The quantitative estimate of drug-likeness (QED) is 0.184. The molecule has 1 heterocycles. The summed E-state index contributed by atoms with van der Waals surface area (Å²) in [5.41, 5.74) is 0.408. The van der Waals surface area contributed by atoms with Crippen LogP contribution in [0.1, 0.15) is 39.4 Å². The molecule has 1 unspecified atom stereocenters. The van der Waals surface area contributed by atoms with Crippen molar-refractivity contribution in [3.8, 4) is 0 Å².